The molecule has 0 amide bonds. The van der Waals surface area contributed by atoms with E-state index in [4.69, 9.17) is 0 Å². The highest BCUT2D eigenvalue weighted by molar-refractivity contribution is 9.10. The third-order valence-electron chi connectivity index (χ3n) is 2.40. The molecule has 0 aliphatic heterocycles. The van der Waals surface area contributed by atoms with Gasteiger partial charge in [0.15, 0.2) is 0 Å². The fraction of sp³-hybridized carbons (Fsp3) is 0.167. The summed E-state index contributed by atoms with van der Waals surface area (Å²) in [6, 6.07) is 9.32. The van der Waals surface area contributed by atoms with Gasteiger partial charge < -0.3 is 5.32 Å². The number of anilines is 1. The van der Waals surface area contributed by atoms with E-state index in [0.29, 0.717) is 12.4 Å². The van der Waals surface area contributed by atoms with Crippen LogP contribution in [0, 0.1) is 0 Å². The van der Waals surface area contributed by atoms with Gasteiger partial charge in [-0.15, -0.1) is 0 Å². The van der Waals surface area contributed by atoms with Crippen LogP contribution in [0.15, 0.2) is 44.4 Å². The molecule has 6 heteroatoms. The number of H-pyrrole nitrogens is 2. The largest absolute Gasteiger partial charge is 0.371 e. The number of rotatable bonds is 4. The number of hydrogen-bond acceptors (Lipinski definition) is 3. The van der Waals surface area contributed by atoms with Gasteiger partial charge in [0, 0.05) is 17.1 Å². The van der Waals surface area contributed by atoms with Crippen LogP contribution in [0.3, 0.4) is 0 Å². The molecule has 0 spiro atoms. The smallest absolute Gasteiger partial charge is 0.327 e. The number of benzene rings is 1. The number of aromatic amines is 2. The van der Waals surface area contributed by atoms with Crippen LogP contribution in [-0.4, -0.2) is 16.5 Å². The van der Waals surface area contributed by atoms with Gasteiger partial charge >= 0.3 is 5.69 Å². The fourth-order valence-electron chi connectivity index (χ4n) is 1.56. The molecule has 94 valence electrons. The van der Waals surface area contributed by atoms with Crippen LogP contribution >= 0.6 is 15.9 Å². The standard InChI is InChI=1S/C12H12BrN3O2/c13-9-3-1-8(2-4-9)5-6-14-10-7-11(17)16-12(18)15-10/h1-4,7H,5-6H2,(H3,14,15,16,17,18). The van der Waals surface area contributed by atoms with Crippen LogP contribution in [0.2, 0.25) is 0 Å². The van der Waals surface area contributed by atoms with Gasteiger partial charge in [-0.25, -0.2) is 4.79 Å². The molecule has 2 rings (SSSR count). The van der Waals surface area contributed by atoms with E-state index in [2.05, 4.69) is 31.2 Å². The predicted molar refractivity (Wildman–Crippen MR) is 74.0 cm³/mol. The maximum absolute atomic E-state index is 11.1. The average Bonchev–Trinajstić information content (AvgIpc) is 2.30. The van der Waals surface area contributed by atoms with Crippen LogP contribution in [0.25, 0.3) is 0 Å². The Hall–Kier alpha value is -1.82. The molecular formula is C12H12BrN3O2. The van der Waals surface area contributed by atoms with Crippen LogP contribution < -0.4 is 16.6 Å². The first-order chi connectivity index (χ1) is 8.63. The van der Waals surface area contributed by atoms with Gasteiger partial charge in [0.2, 0.25) is 0 Å². The topological polar surface area (TPSA) is 77.8 Å². The van der Waals surface area contributed by atoms with Crippen molar-refractivity contribution in [2.45, 2.75) is 6.42 Å². The highest BCUT2D eigenvalue weighted by atomic mass is 79.9. The quantitative estimate of drug-likeness (QED) is 0.800. The molecular weight excluding hydrogens is 298 g/mol. The van der Waals surface area contributed by atoms with E-state index in [9.17, 15) is 9.59 Å². The average molecular weight is 310 g/mol. The number of hydrogen-bond donors (Lipinski definition) is 3. The molecule has 1 aromatic heterocycles. The molecule has 0 saturated carbocycles. The molecule has 0 aliphatic rings. The first kappa shape index (κ1) is 12.6. The van der Waals surface area contributed by atoms with Gasteiger partial charge in [-0.05, 0) is 24.1 Å². The lowest BCUT2D eigenvalue weighted by molar-refractivity contribution is 0.974. The van der Waals surface area contributed by atoms with Crippen molar-refractivity contribution in [2.75, 3.05) is 11.9 Å². The van der Waals surface area contributed by atoms with Crippen LogP contribution in [0.1, 0.15) is 5.56 Å². The summed E-state index contributed by atoms with van der Waals surface area (Å²) in [6.45, 7) is 0.640. The minimum atomic E-state index is -0.506. The molecule has 1 aromatic carbocycles. The maximum atomic E-state index is 11.1. The second kappa shape index (κ2) is 5.68. The van der Waals surface area contributed by atoms with Gasteiger partial charge in [0.1, 0.15) is 5.82 Å². The highest BCUT2D eigenvalue weighted by Crippen LogP contribution is 2.10. The minimum absolute atomic E-state index is 0.412. The Kier molecular flexibility index (Phi) is 3.99. The van der Waals surface area contributed by atoms with Gasteiger partial charge in [-0.2, -0.15) is 0 Å². The Morgan fingerprint density at radius 2 is 1.83 bits per heavy atom. The Morgan fingerprint density at radius 1 is 1.11 bits per heavy atom. The first-order valence-electron chi connectivity index (χ1n) is 5.45. The summed E-state index contributed by atoms with van der Waals surface area (Å²) >= 11 is 3.37. The summed E-state index contributed by atoms with van der Waals surface area (Å²) in [5, 5.41) is 3.00. The van der Waals surface area contributed by atoms with E-state index < -0.39 is 11.2 Å². The Bertz CT molecular complexity index is 603. The van der Waals surface area contributed by atoms with Gasteiger partial charge in [0.05, 0.1) is 0 Å². The van der Waals surface area contributed by atoms with Crippen LogP contribution in [0.5, 0.6) is 0 Å². The van der Waals surface area contributed by atoms with Crippen molar-refractivity contribution in [1.29, 1.82) is 0 Å². The zero-order valence-electron chi connectivity index (χ0n) is 9.50. The van der Waals surface area contributed by atoms with Crippen molar-refractivity contribution in [2.24, 2.45) is 0 Å². The summed E-state index contributed by atoms with van der Waals surface area (Å²) in [5.74, 6) is 0.431. The van der Waals surface area contributed by atoms with Crippen molar-refractivity contribution in [3.05, 3.63) is 61.2 Å². The van der Waals surface area contributed by atoms with Crippen molar-refractivity contribution < 1.29 is 0 Å². The lowest BCUT2D eigenvalue weighted by Crippen LogP contribution is -2.23. The Labute approximate surface area is 111 Å². The molecule has 0 aliphatic carbocycles. The van der Waals surface area contributed by atoms with E-state index in [1.165, 1.54) is 11.6 Å². The zero-order valence-corrected chi connectivity index (χ0v) is 11.1. The number of nitrogens with one attached hydrogen (secondary N) is 3. The van der Waals surface area contributed by atoms with Gasteiger partial charge in [0.25, 0.3) is 5.56 Å². The summed E-state index contributed by atoms with van der Waals surface area (Å²) in [5.41, 5.74) is 0.261. The van der Waals surface area contributed by atoms with E-state index in [1.54, 1.807) is 0 Å². The van der Waals surface area contributed by atoms with Crippen LogP contribution in [0.4, 0.5) is 5.82 Å². The minimum Gasteiger partial charge on any atom is -0.371 e. The van der Waals surface area contributed by atoms with Gasteiger partial charge in [-0.1, -0.05) is 28.1 Å². The molecule has 3 N–H and O–H groups in total. The molecule has 2 aromatic rings. The molecule has 0 atom stereocenters. The maximum Gasteiger partial charge on any atom is 0.327 e. The molecule has 5 nitrogen and oxygen atoms in total. The predicted octanol–water partition coefficient (Wildman–Crippen LogP) is 1.48. The second-order valence-electron chi connectivity index (χ2n) is 3.80. The molecule has 0 saturated heterocycles. The molecule has 0 radical (unpaired) electrons. The molecule has 18 heavy (non-hydrogen) atoms. The molecule has 0 fully saturated rings. The van der Waals surface area contributed by atoms with Gasteiger partial charge in [-0.3, -0.25) is 14.8 Å². The molecule has 0 unspecified atom stereocenters. The summed E-state index contributed by atoms with van der Waals surface area (Å²) in [7, 11) is 0. The summed E-state index contributed by atoms with van der Waals surface area (Å²) < 4.78 is 1.04. The van der Waals surface area contributed by atoms with E-state index in [1.807, 2.05) is 24.3 Å². The first-order valence-corrected chi connectivity index (χ1v) is 6.25. The number of aromatic nitrogens is 2. The third-order valence-corrected chi connectivity index (χ3v) is 2.93. The van der Waals surface area contributed by atoms with Crippen molar-refractivity contribution >= 4 is 21.7 Å². The lowest BCUT2D eigenvalue weighted by Gasteiger charge is -2.05. The molecule has 0 bridgehead atoms. The number of halogens is 1. The SMILES string of the molecule is O=c1cc(NCCc2ccc(Br)cc2)[nH]c(=O)[nH]1. The molecule has 1 heterocycles. The zero-order chi connectivity index (χ0) is 13.0. The monoisotopic (exact) mass is 309 g/mol. The second-order valence-corrected chi connectivity index (χ2v) is 4.72. The summed E-state index contributed by atoms with van der Waals surface area (Å²) in [6.07, 6.45) is 0.808. The van der Waals surface area contributed by atoms with Crippen molar-refractivity contribution in [1.82, 2.24) is 9.97 Å². The van der Waals surface area contributed by atoms with E-state index in [-0.39, 0.29) is 0 Å². The highest BCUT2D eigenvalue weighted by Gasteiger charge is 1.97. The summed E-state index contributed by atoms with van der Waals surface area (Å²) in [4.78, 5) is 26.7. The Morgan fingerprint density at radius 3 is 2.50 bits per heavy atom. The van der Waals surface area contributed by atoms with Crippen molar-refractivity contribution in [3.63, 3.8) is 0 Å². The van der Waals surface area contributed by atoms with E-state index >= 15 is 0 Å². The lowest BCUT2D eigenvalue weighted by atomic mass is 10.1. The van der Waals surface area contributed by atoms with E-state index in [0.717, 1.165) is 10.9 Å². The Balaban J connectivity index is 1.94. The van der Waals surface area contributed by atoms with Crippen LogP contribution in [-0.2, 0) is 6.42 Å². The van der Waals surface area contributed by atoms with Crippen molar-refractivity contribution in [3.8, 4) is 0 Å². The fourth-order valence-corrected chi connectivity index (χ4v) is 1.82. The third kappa shape index (κ3) is 3.59. The normalized spacial score (nSPS) is 10.3.